The van der Waals surface area contributed by atoms with Gasteiger partial charge in [0.2, 0.25) is 47.3 Å². The fourth-order valence-corrected chi connectivity index (χ4v) is 8.82. The number of nitrogens with one attached hydrogen (secondary N) is 4. The lowest BCUT2D eigenvalue weighted by Crippen LogP contribution is -2.60. The molecule has 0 aromatic heterocycles. The van der Waals surface area contributed by atoms with Crippen molar-refractivity contribution < 1.29 is 43.5 Å². The smallest absolute Gasteiger partial charge is 0.247 e. The first kappa shape index (κ1) is 53.9. The van der Waals surface area contributed by atoms with E-state index >= 15 is 0 Å². The van der Waals surface area contributed by atoms with Gasteiger partial charge in [-0.05, 0) is 69.4 Å². The van der Waals surface area contributed by atoms with E-state index in [1.807, 2.05) is 24.5 Å². The number of carbonyl (C=O) groups excluding carboxylic acids is 8. The van der Waals surface area contributed by atoms with E-state index in [1.54, 1.807) is 12.1 Å². The van der Waals surface area contributed by atoms with Gasteiger partial charge in [-0.3, -0.25) is 43.3 Å². The molecule has 21 heteroatoms. The molecule has 362 valence electrons. The molecule has 2 fully saturated rings. The Morgan fingerprint density at radius 3 is 2.00 bits per heavy atom. The highest BCUT2D eigenvalue weighted by atomic mass is 32.2. The Labute approximate surface area is 386 Å². The van der Waals surface area contributed by atoms with Crippen LogP contribution in [0.2, 0.25) is 0 Å². The first-order valence-corrected chi connectivity index (χ1v) is 23.7. The fraction of sp³-hybridized carbons (Fsp3) is 0.659. The lowest BCUT2D eigenvalue weighted by molar-refractivity contribution is -0.145. The lowest BCUT2D eigenvalue weighted by Gasteiger charge is -2.34. The van der Waals surface area contributed by atoms with E-state index in [-0.39, 0.29) is 43.7 Å². The molecule has 1 saturated carbocycles. The van der Waals surface area contributed by atoms with Gasteiger partial charge in [-0.25, -0.2) is 0 Å². The topological polar surface area (TPSA) is 305 Å². The number of hydrogen-bond donors (Lipinski definition) is 8. The number of likely N-dealkylation sites (tertiary alicyclic amines) is 1. The molecule has 8 atom stereocenters. The molecule has 0 spiro atoms. The Bertz CT molecular complexity index is 1830. The minimum atomic E-state index is -1.46. The molecule has 1 saturated heterocycles. The summed E-state index contributed by atoms with van der Waals surface area (Å²) in [7, 11) is 2.74. The number of nitrogens with two attached hydrogens (primary N) is 3. The summed E-state index contributed by atoms with van der Waals surface area (Å²) < 4.78 is 0. The molecule has 1 aromatic rings. The molecular weight excluding hydrogens is 859 g/mol. The summed E-state index contributed by atoms with van der Waals surface area (Å²) in [6.45, 7) is 3.72. The maximum atomic E-state index is 14.6. The predicted molar refractivity (Wildman–Crippen MR) is 248 cm³/mol. The van der Waals surface area contributed by atoms with E-state index in [2.05, 4.69) is 26.3 Å². The highest BCUT2D eigenvalue weighted by Crippen LogP contribution is 2.35. The molecule has 3 rings (SSSR count). The zero-order valence-electron chi connectivity index (χ0n) is 38.6. The average Bonchev–Trinajstić information content (AvgIpc) is 3.74. The van der Waals surface area contributed by atoms with Crippen LogP contribution in [0.4, 0.5) is 0 Å². The van der Waals surface area contributed by atoms with Gasteiger partial charge in [-0.2, -0.15) is 11.8 Å². The van der Waals surface area contributed by atoms with Crippen LogP contribution >= 0.6 is 11.8 Å². The number of carbonyl (C=O) groups is 8. The average molecular weight is 930 g/mol. The highest BCUT2D eigenvalue weighted by Gasteiger charge is 2.46. The number of guanidine groups is 1. The van der Waals surface area contributed by atoms with Crippen LogP contribution in [0.3, 0.4) is 0 Å². The second-order valence-electron chi connectivity index (χ2n) is 17.0. The summed E-state index contributed by atoms with van der Waals surface area (Å²) in [6.07, 6.45) is 8.24. The molecule has 1 heterocycles. The number of amides is 8. The minimum absolute atomic E-state index is 0.106. The molecule has 1 aromatic carbocycles. The SMILES string of the molecule is CSCC[C@H](NC(=O)[C@H](C)N(C)C(=O)[C@H](CCCN=C(N)N)NC(=O)[C@H](CC1CCCCC1)NC(C)=O)C(=O)N1CCC(c2ccccc2)[C@H]1C(=O)N[C@@H](CO)C(=O)N(C)[C@@H](C)C(N)=O. The number of hydrogen-bond acceptors (Lipinski definition) is 11. The van der Waals surface area contributed by atoms with Crippen molar-refractivity contribution in [3.8, 4) is 0 Å². The third kappa shape index (κ3) is 15.9. The van der Waals surface area contributed by atoms with E-state index in [4.69, 9.17) is 17.2 Å². The Balaban J connectivity index is 1.87. The van der Waals surface area contributed by atoms with E-state index in [0.29, 0.717) is 25.0 Å². The van der Waals surface area contributed by atoms with Gasteiger partial charge >= 0.3 is 0 Å². The largest absolute Gasteiger partial charge is 0.394 e. The van der Waals surface area contributed by atoms with Crippen LogP contribution in [-0.2, 0) is 38.4 Å². The molecule has 0 radical (unpaired) electrons. The highest BCUT2D eigenvalue weighted by molar-refractivity contribution is 7.98. The number of benzene rings is 1. The molecule has 1 aliphatic heterocycles. The summed E-state index contributed by atoms with van der Waals surface area (Å²) in [5.74, 6) is -5.00. The maximum absolute atomic E-state index is 14.6. The number of aliphatic hydroxyl groups excluding tert-OH is 1. The van der Waals surface area contributed by atoms with E-state index < -0.39 is 96.2 Å². The number of thioether (sulfide) groups is 1. The van der Waals surface area contributed by atoms with Gasteiger partial charge in [0, 0.05) is 40.0 Å². The van der Waals surface area contributed by atoms with Gasteiger partial charge in [0.15, 0.2) is 5.96 Å². The maximum Gasteiger partial charge on any atom is 0.247 e. The number of nitrogens with zero attached hydrogens (tertiary/aromatic N) is 4. The van der Waals surface area contributed by atoms with E-state index in [0.717, 1.165) is 42.6 Å². The molecule has 11 N–H and O–H groups in total. The standard InChI is InChI=1S/C44H71N11O9S/c1-26(37(45)58)53(4)42(63)35(25-56)52-40(61)36-31(30-16-11-8-12-17-30)19-22-55(36)43(64)33(20-23-65-6)50-38(59)27(2)54(5)41(62)32(18-13-21-48-44(46)47)51-39(60)34(49-28(3)57)24-29-14-9-7-10-15-29/h8,11-12,16-17,26-27,29,31-36,56H,7,9-10,13-15,18-25H2,1-6H3,(H2,45,58)(H,49,57)(H,50,59)(H,51,60)(H,52,61)(H4,46,47,48)/t26-,27-,31?,32-,33-,34-,35-,36-/m0/s1. The minimum Gasteiger partial charge on any atom is -0.394 e. The van der Waals surface area contributed by atoms with Gasteiger partial charge in [0.25, 0.3) is 0 Å². The van der Waals surface area contributed by atoms with Gasteiger partial charge in [-0.1, -0.05) is 62.4 Å². The van der Waals surface area contributed by atoms with Crippen LogP contribution in [0.1, 0.15) is 96.5 Å². The van der Waals surface area contributed by atoms with Crippen LogP contribution < -0.4 is 38.5 Å². The Kier molecular flexibility index (Phi) is 22.0. The Hall–Kier alpha value is -5.44. The van der Waals surface area contributed by atoms with Crippen LogP contribution in [0, 0.1) is 5.92 Å². The second kappa shape index (κ2) is 26.5. The zero-order chi connectivity index (χ0) is 48.4. The molecule has 0 bridgehead atoms. The second-order valence-corrected chi connectivity index (χ2v) is 18.0. The lowest BCUT2D eigenvalue weighted by atomic mass is 9.84. The van der Waals surface area contributed by atoms with Crippen molar-refractivity contribution in [3.63, 3.8) is 0 Å². The number of primary amides is 1. The number of aliphatic imine (C=N–C) groups is 1. The van der Waals surface area contributed by atoms with Crippen LogP contribution in [-0.4, -0.2) is 161 Å². The van der Waals surface area contributed by atoms with Gasteiger partial charge in [0.1, 0.15) is 42.3 Å². The summed E-state index contributed by atoms with van der Waals surface area (Å²) in [4.78, 5) is 116. The normalized spacial score (nSPS) is 19.0. The van der Waals surface area contributed by atoms with Crippen molar-refractivity contribution in [2.45, 2.75) is 133 Å². The van der Waals surface area contributed by atoms with Crippen molar-refractivity contribution >= 4 is 65.0 Å². The van der Waals surface area contributed by atoms with Crippen molar-refractivity contribution in [2.24, 2.45) is 28.1 Å². The summed E-state index contributed by atoms with van der Waals surface area (Å²) >= 11 is 1.44. The van der Waals surface area contributed by atoms with Crippen LogP contribution in [0.25, 0.3) is 0 Å². The molecule has 1 aliphatic carbocycles. The molecule has 8 amide bonds. The number of aliphatic hydroxyl groups is 1. The Morgan fingerprint density at radius 2 is 1.42 bits per heavy atom. The third-order valence-corrected chi connectivity index (χ3v) is 13.0. The Morgan fingerprint density at radius 1 is 0.800 bits per heavy atom. The van der Waals surface area contributed by atoms with Crippen molar-refractivity contribution in [2.75, 3.05) is 45.8 Å². The quantitative estimate of drug-likeness (QED) is 0.0362. The number of likely N-dealkylation sites (N-methyl/N-ethyl adjacent to an activating group) is 2. The van der Waals surface area contributed by atoms with E-state index in [9.17, 15) is 43.5 Å². The fourth-order valence-electron chi connectivity index (χ4n) is 8.35. The van der Waals surface area contributed by atoms with Gasteiger partial charge in [-0.15, -0.1) is 0 Å². The summed E-state index contributed by atoms with van der Waals surface area (Å²) in [5, 5.41) is 21.2. The molecule has 20 nitrogen and oxygen atoms in total. The summed E-state index contributed by atoms with van der Waals surface area (Å²) in [5.41, 5.74) is 17.2. The molecule has 1 unspecified atom stereocenters. The van der Waals surface area contributed by atoms with E-state index in [1.165, 1.54) is 56.4 Å². The number of rotatable bonds is 24. The zero-order valence-corrected chi connectivity index (χ0v) is 39.4. The first-order valence-electron chi connectivity index (χ1n) is 22.3. The van der Waals surface area contributed by atoms with Crippen LogP contribution in [0.15, 0.2) is 35.3 Å². The molecular formula is C44H71N11O9S. The van der Waals surface area contributed by atoms with Gasteiger partial charge in [0.05, 0.1) is 6.61 Å². The van der Waals surface area contributed by atoms with Crippen LogP contribution in [0.5, 0.6) is 0 Å². The molecule has 65 heavy (non-hydrogen) atoms. The van der Waals surface area contributed by atoms with Gasteiger partial charge < -0.3 is 58.3 Å². The van der Waals surface area contributed by atoms with Crippen molar-refractivity contribution in [1.82, 2.24) is 36.0 Å². The first-order chi connectivity index (χ1) is 30.8. The third-order valence-electron chi connectivity index (χ3n) is 12.4. The molecule has 2 aliphatic rings. The predicted octanol–water partition coefficient (Wildman–Crippen LogP) is -0.721. The van der Waals surface area contributed by atoms with Crippen molar-refractivity contribution in [3.05, 3.63) is 35.9 Å². The summed E-state index contributed by atoms with van der Waals surface area (Å²) in [6, 6.07) is 1.11. The monoisotopic (exact) mass is 930 g/mol. The van der Waals surface area contributed by atoms with Crippen molar-refractivity contribution in [1.29, 1.82) is 0 Å².